The summed E-state index contributed by atoms with van der Waals surface area (Å²) in [6, 6.07) is 16.5. The molecule has 9 heteroatoms. The minimum Gasteiger partial charge on any atom is -0.456 e. The lowest BCUT2D eigenvalue weighted by Crippen LogP contribution is -2.13. The standard InChI is InChI=1S/C23H17F3N2O3S/c1-14-13-28-22-17(8-5-9-18(22)23(24,25)26)21(14)15-6-4-7-16(12-15)31-19-10-2-3-11-20(19)32(27,29)30/h2-13H,1H3,(H2,27,29,30). The molecule has 0 bridgehead atoms. The Morgan fingerprint density at radius 3 is 2.41 bits per heavy atom. The van der Waals surface area contributed by atoms with Gasteiger partial charge in [0.25, 0.3) is 0 Å². The number of aromatic nitrogens is 1. The number of nitrogens with two attached hydrogens (primary N) is 1. The zero-order valence-electron chi connectivity index (χ0n) is 16.7. The Balaban J connectivity index is 1.84. The van der Waals surface area contributed by atoms with Crippen LogP contribution in [-0.2, 0) is 16.2 Å². The highest BCUT2D eigenvalue weighted by Crippen LogP contribution is 2.39. The fourth-order valence-corrected chi connectivity index (χ4v) is 4.20. The molecule has 4 rings (SSSR count). The van der Waals surface area contributed by atoms with Crippen LogP contribution in [0.3, 0.4) is 0 Å². The molecule has 0 amide bonds. The molecule has 5 nitrogen and oxygen atoms in total. The van der Waals surface area contributed by atoms with E-state index in [1.165, 1.54) is 30.5 Å². The lowest BCUT2D eigenvalue weighted by molar-refractivity contribution is -0.136. The van der Waals surface area contributed by atoms with Gasteiger partial charge in [-0.2, -0.15) is 13.2 Å². The van der Waals surface area contributed by atoms with Gasteiger partial charge in [-0.15, -0.1) is 0 Å². The molecule has 2 N–H and O–H groups in total. The van der Waals surface area contributed by atoms with Crippen molar-refractivity contribution in [2.24, 2.45) is 5.14 Å². The number of sulfonamides is 1. The van der Waals surface area contributed by atoms with Crippen molar-refractivity contribution in [2.45, 2.75) is 18.0 Å². The topological polar surface area (TPSA) is 82.3 Å². The summed E-state index contributed by atoms with van der Waals surface area (Å²) in [6.07, 6.45) is -3.14. The summed E-state index contributed by atoms with van der Waals surface area (Å²) in [7, 11) is -4.01. The number of rotatable bonds is 4. The molecule has 0 aliphatic carbocycles. The molecule has 1 heterocycles. The van der Waals surface area contributed by atoms with Crippen molar-refractivity contribution in [3.63, 3.8) is 0 Å². The monoisotopic (exact) mass is 458 g/mol. The zero-order valence-corrected chi connectivity index (χ0v) is 17.5. The number of aryl methyl sites for hydroxylation is 1. The maximum absolute atomic E-state index is 13.5. The second-order valence-corrected chi connectivity index (χ2v) is 8.67. The Morgan fingerprint density at radius 2 is 1.69 bits per heavy atom. The summed E-state index contributed by atoms with van der Waals surface area (Å²) in [6.45, 7) is 1.76. The summed E-state index contributed by atoms with van der Waals surface area (Å²) in [5.74, 6) is 0.345. The van der Waals surface area contributed by atoms with Crippen LogP contribution in [0.1, 0.15) is 11.1 Å². The first-order valence-corrected chi connectivity index (χ1v) is 11.0. The minimum absolute atomic E-state index is 0.0443. The molecular formula is C23H17F3N2O3S. The van der Waals surface area contributed by atoms with E-state index in [-0.39, 0.29) is 16.2 Å². The summed E-state index contributed by atoms with van der Waals surface area (Å²) in [5.41, 5.74) is 0.891. The highest BCUT2D eigenvalue weighted by molar-refractivity contribution is 7.89. The number of ether oxygens (including phenoxy) is 1. The molecule has 32 heavy (non-hydrogen) atoms. The molecule has 0 atom stereocenters. The van der Waals surface area contributed by atoms with Gasteiger partial charge in [-0.25, -0.2) is 13.6 Å². The Labute approximate surface area is 182 Å². The number of benzene rings is 3. The van der Waals surface area contributed by atoms with Gasteiger partial charge < -0.3 is 4.74 Å². The first-order valence-electron chi connectivity index (χ1n) is 9.41. The number of fused-ring (bicyclic) bond motifs is 1. The van der Waals surface area contributed by atoms with Crippen molar-refractivity contribution >= 4 is 20.9 Å². The predicted molar refractivity (Wildman–Crippen MR) is 115 cm³/mol. The molecule has 0 unspecified atom stereocenters. The largest absolute Gasteiger partial charge is 0.456 e. The third-order valence-corrected chi connectivity index (χ3v) is 5.85. The van der Waals surface area contributed by atoms with Crippen LogP contribution in [0.2, 0.25) is 0 Å². The molecule has 1 aromatic heterocycles. The Morgan fingerprint density at radius 1 is 0.969 bits per heavy atom. The molecule has 3 aromatic carbocycles. The first kappa shape index (κ1) is 21.8. The van der Waals surface area contributed by atoms with Gasteiger partial charge in [0.1, 0.15) is 16.4 Å². The van der Waals surface area contributed by atoms with Crippen molar-refractivity contribution < 1.29 is 26.3 Å². The number of primary sulfonamides is 1. The van der Waals surface area contributed by atoms with E-state index in [4.69, 9.17) is 9.88 Å². The Kier molecular flexibility index (Phi) is 5.39. The lowest BCUT2D eigenvalue weighted by atomic mass is 9.95. The van der Waals surface area contributed by atoms with Crippen LogP contribution in [-0.4, -0.2) is 13.4 Å². The van der Waals surface area contributed by atoms with Crippen LogP contribution in [0.4, 0.5) is 13.2 Å². The second kappa shape index (κ2) is 7.92. The third kappa shape index (κ3) is 4.17. The fraction of sp³-hybridized carbons (Fsp3) is 0.0870. The summed E-state index contributed by atoms with van der Waals surface area (Å²) >= 11 is 0. The molecule has 0 radical (unpaired) electrons. The van der Waals surface area contributed by atoms with Gasteiger partial charge in [0.2, 0.25) is 10.0 Å². The fourth-order valence-electron chi connectivity index (χ4n) is 3.55. The van der Waals surface area contributed by atoms with E-state index < -0.39 is 21.8 Å². The highest BCUT2D eigenvalue weighted by atomic mass is 32.2. The lowest BCUT2D eigenvalue weighted by Gasteiger charge is -2.15. The second-order valence-electron chi connectivity index (χ2n) is 7.14. The maximum Gasteiger partial charge on any atom is 0.418 e. The van der Waals surface area contributed by atoms with Crippen molar-refractivity contribution in [2.75, 3.05) is 0 Å². The van der Waals surface area contributed by atoms with Gasteiger partial charge in [-0.05, 0) is 53.9 Å². The molecule has 0 aliphatic heterocycles. The van der Waals surface area contributed by atoms with E-state index in [0.717, 1.165) is 6.07 Å². The molecule has 4 aromatic rings. The van der Waals surface area contributed by atoms with Crippen molar-refractivity contribution in [3.8, 4) is 22.6 Å². The van der Waals surface area contributed by atoms with Gasteiger partial charge in [-0.3, -0.25) is 4.98 Å². The van der Waals surface area contributed by atoms with E-state index in [9.17, 15) is 21.6 Å². The van der Waals surface area contributed by atoms with Crippen LogP contribution in [0.25, 0.3) is 22.0 Å². The van der Waals surface area contributed by atoms with Crippen molar-refractivity contribution in [1.29, 1.82) is 0 Å². The average Bonchev–Trinajstić information content (AvgIpc) is 2.72. The third-order valence-electron chi connectivity index (χ3n) is 4.90. The van der Waals surface area contributed by atoms with Crippen LogP contribution in [0.5, 0.6) is 11.5 Å². The number of hydrogen-bond donors (Lipinski definition) is 1. The van der Waals surface area contributed by atoms with Crippen LogP contribution < -0.4 is 9.88 Å². The maximum atomic E-state index is 13.5. The number of hydrogen-bond acceptors (Lipinski definition) is 4. The molecule has 0 aliphatic rings. The van der Waals surface area contributed by atoms with Gasteiger partial charge in [-0.1, -0.05) is 36.4 Å². The first-order chi connectivity index (χ1) is 15.1. The molecular weight excluding hydrogens is 441 g/mol. The number of para-hydroxylation sites is 2. The Bertz CT molecular complexity index is 1430. The number of alkyl halides is 3. The predicted octanol–water partition coefficient (Wildman–Crippen LogP) is 5.67. The van der Waals surface area contributed by atoms with E-state index in [2.05, 4.69) is 4.98 Å². The minimum atomic E-state index is -4.54. The van der Waals surface area contributed by atoms with E-state index in [1.54, 1.807) is 43.3 Å². The molecule has 164 valence electrons. The molecule has 0 spiro atoms. The van der Waals surface area contributed by atoms with Gasteiger partial charge in [0.05, 0.1) is 11.1 Å². The quantitative estimate of drug-likeness (QED) is 0.427. The van der Waals surface area contributed by atoms with Crippen LogP contribution in [0.15, 0.2) is 77.8 Å². The van der Waals surface area contributed by atoms with E-state index in [0.29, 0.717) is 27.8 Å². The van der Waals surface area contributed by atoms with Crippen LogP contribution >= 0.6 is 0 Å². The smallest absolute Gasteiger partial charge is 0.418 e. The highest BCUT2D eigenvalue weighted by Gasteiger charge is 2.33. The Hall–Kier alpha value is -3.43. The number of nitrogens with zero attached hydrogens (tertiary/aromatic N) is 1. The molecule has 0 saturated heterocycles. The van der Waals surface area contributed by atoms with Gasteiger partial charge in [0, 0.05) is 11.6 Å². The summed E-state index contributed by atoms with van der Waals surface area (Å²) < 4.78 is 69.9. The molecule has 0 fully saturated rings. The van der Waals surface area contributed by atoms with Gasteiger partial charge >= 0.3 is 6.18 Å². The van der Waals surface area contributed by atoms with Crippen molar-refractivity contribution in [3.05, 3.63) is 84.1 Å². The SMILES string of the molecule is Cc1cnc2c(C(F)(F)F)cccc2c1-c1cccc(Oc2ccccc2S(N)(=O)=O)c1. The normalized spacial score (nSPS) is 12.2. The van der Waals surface area contributed by atoms with E-state index in [1.807, 2.05) is 0 Å². The van der Waals surface area contributed by atoms with E-state index >= 15 is 0 Å². The van der Waals surface area contributed by atoms with Crippen molar-refractivity contribution in [1.82, 2.24) is 4.98 Å². The molecule has 0 saturated carbocycles. The number of halogens is 3. The summed E-state index contributed by atoms with van der Waals surface area (Å²) in [4.78, 5) is 3.86. The van der Waals surface area contributed by atoms with Gasteiger partial charge in [0.15, 0.2) is 0 Å². The average molecular weight is 458 g/mol. The van der Waals surface area contributed by atoms with Crippen LogP contribution in [0, 0.1) is 6.92 Å². The number of pyridine rings is 1. The summed E-state index contributed by atoms with van der Waals surface area (Å²) in [5, 5.41) is 5.61. The zero-order chi connectivity index (χ0) is 23.1.